The van der Waals surface area contributed by atoms with E-state index in [4.69, 9.17) is 9.26 Å². The van der Waals surface area contributed by atoms with Gasteiger partial charge in [0.15, 0.2) is 5.82 Å². The summed E-state index contributed by atoms with van der Waals surface area (Å²) in [7, 11) is 0. The molecule has 1 N–H and O–H groups in total. The number of unbranched alkanes of at least 4 members (excludes halogenated alkanes) is 1. The molecule has 1 heterocycles. The van der Waals surface area contributed by atoms with Crippen LogP contribution in [0.25, 0.3) is 0 Å². The second-order valence-corrected chi connectivity index (χ2v) is 6.61. The van der Waals surface area contributed by atoms with Crippen molar-refractivity contribution in [3.05, 3.63) is 41.5 Å². The number of ether oxygens (including phenoxy) is 1. The number of carbonyl (C=O) groups is 1. The monoisotopic (exact) mass is 343 g/mol. The van der Waals surface area contributed by atoms with E-state index in [2.05, 4.69) is 22.4 Å². The maximum Gasteiger partial charge on any atom is 0.252 e. The number of rotatable bonds is 7. The van der Waals surface area contributed by atoms with Crippen LogP contribution in [0, 0.1) is 6.92 Å². The Kier molecular flexibility index (Phi) is 5.36. The summed E-state index contributed by atoms with van der Waals surface area (Å²) in [4.78, 5) is 17.1. The van der Waals surface area contributed by atoms with Gasteiger partial charge in [-0.25, -0.2) is 0 Å². The lowest BCUT2D eigenvalue weighted by molar-refractivity contribution is 0.0892. The fraction of sp³-hybridized carbons (Fsp3) is 0.526. The zero-order chi connectivity index (χ0) is 17.7. The van der Waals surface area contributed by atoms with Gasteiger partial charge in [0.05, 0.1) is 6.61 Å². The molecule has 1 amide bonds. The first kappa shape index (κ1) is 17.5. The lowest BCUT2D eigenvalue weighted by Gasteiger charge is -2.26. The first-order valence-corrected chi connectivity index (χ1v) is 8.99. The summed E-state index contributed by atoms with van der Waals surface area (Å²) >= 11 is 0. The Balaban J connectivity index is 1.69. The molecular formula is C19H25N3O3. The summed E-state index contributed by atoms with van der Waals surface area (Å²) < 4.78 is 10.8. The van der Waals surface area contributed by atoms with Gasteiger partial charge in [-0.15, -0.1) is 0 Å². The first-order valence-electron chi connectivity index (χ1n) is 8.99. The molecule has 134 valence electrons. The van der Waals surface area contributed by atoms with Gasteiger partial charge in [-0.1, -0.05) is 31.3 Å². The van der Waals surface area contributed by atoms with Gasteiger partial charge >= 0.3 is 0 Å². The Bertz CT molecular complexity index is 703. The molecule has 0 radical (unpaired) electrons. The molecule has 1 aromatic heterocycles. The molecule has 1 saturated carbocycles. The van der Waals surface area contributed by atoms with E-state index >= 15 is 0 Å². The SMILES string of the molecule is CCCCOc1ccc(C(=O)NC2(c3noc(C)n3)CCCC2)cc1. The van der Waals surface area contributed by atoms with E-state index in [0.717, 1.165) is 44.3 Å². The molecule has 3 rings (SSSR count). The summed E-state index contributed by atoms with van der Waals surface area (Å²) in [5.41, 5.74) is 0.0832. The molecule has 2 aromatic rings. The maximum atomic E-state index is 12.7. The topological polar surface area (TPSA) is 77.2 Å². The maximum absolute atomic E-state index is 12.7. The second-order valence-electron chi connectivity index (χ2n) is 6.61. The highest BCUT2D eigenvalue weighted by Crippen LogP contribution is 2.37. The number of nitrogens with one attached hydrogen (secondary N) is 1. The molecule has 1 fully saturated rings. The molecular weight excluding hydrogens is 318 g/mol. The third kappa shape index (κ3) is 4.00. The minimum atomic E-state index is -0.523. The number of hydrogen-bond donors (Lipinski definition) is 1. The van der Waals surface area contributed by atoms with E-state index < -0.39 is 5.54 Å². The quantitative estimate of drug-likeness (QED) is 0.775. The van der Waals surface area contributed by atoms with Gasteiger partial charge in [0.25, 0.3) is 5.91 Å². The molecule has 1 aliphatic carbocycles. The van der Waals surface area contributed by atoms with Gasteiger partial charge in [0.1, 0.15) is 11.3 Å². The van der Waals surface area contributed by atoms with Crippen molar-refractivity contribution in [1.82, 2.24) is 15.5 Å². The van der Waals surface area contributed by atoms with Crippen LogP contribution in [0.5, 0.6) is 5.75 Å². The molecule has 0 aliphatic heterocycles. The van der Waals surface area contributed by atoms with Crippen molar-refractivity contribution in [1.29, 1.82) is 0 Å². The summed E-state index contributed by atoms with van der Waals surface area (Å²) in [6, 6.07) is 7.26. The van der Waals surface area contributed by atoms with Gasteiger partial charge in [0.2, 0.25) is 5.89 Å². The van der Waals surface area contributed by atoms with Crippen LogP contribution in [0.3, 0.4) is 0 Å². The predicted octanol–water partition coefficient (Wildman–Crippen LogP) is 3.76. The lowest BCUT2D eigenvalue weighted by Crippen LogP contribution is -2.44. The van der Waals surface area contributed by atoms with Gasteiger partial charge in [0, 0.05) is 12.5 Å². The van der Waals surface area contributed by atoms with Crippen LogP contribution in [0.2, 0.25) is 0 Å². The average molecular weight is 343 g/mol. The van der Waals surface area contributed by atoms with E-state index in [0.29, 0.717) is 23.9 Å². The highest BCUT2D eigenvalue weighted by atomic mass is 16.5. The third-order valence-electron chi connectivity index (χ3n) is 4.65. The Morgan fingerprint density at radius 1 is 1.28 bits per heavy atom. The number of carbonyl (C=O) groups excluding carboxylic acids is 1. The van der Waals surface area contributed by atoms with Crippen LogP contribution in [0.4, 0.5) is 0 Å². The van der Waals surface area contributed by atoms with Crippen molar-refractivity contribution in [3.63, 3.8) is 0 Å². The van der Waals surface area contributed by atoms with E-state index in [-0.39, 0.29) is 5.91 Å². The fourth-order valence-corrected chi connectivity index (χ4v) is 3.20. The molecule has 6 nitrogen and oxygen atoms in total. The average Bonchev–Trinajstić information content (AvgIpc) is 3.26. The van der Waals surface area contributed by atoms with Crippen LogP contribution in [0.1, 0.15) is 67.5 Å². The first-order chi connectivity index (χ1) is 12.1. The third-order valence-corrected chi connectivity index (χ3v) is 4.65. The van der Waals surface area contributed by atoms with Crippen molar-refractivity contribution in [2.75, 3.05) is 6.61 Å². The number of aromatic nitrogens is 2. The van der Waals surface area contributed by atoms with E-state index in [9.17, 15) is 4.79 Å². The van der Waals surface area contributed by atoms with Crippen LogP contribution in [-0.4, -0.2) is 22.7 Å². The zero-order valence-electron chi connectivity index (χ0n) is 14.9. The highest BCUT2D eigenvalue weighted by Gasteiger charge is 2.41. The van der Waals surface area contributed by atoms with Crippen LogP contribution < -0.4 is 10.1 Å². The number of aryl methyl sites for hydroxylation is 1. The van der Waals surface area contributed by atoms with Gasteiger partial charge in [-0.05, 0) is 43.5 Å². The lowest BCUT2D eigenvalue weighted by atomic mass is 9.96. The largest absolute Gasteiger partial charge is 0.494 e. The molecule has 0 saturated heterocycles. The number of hydrogen-bond acceptors (Lipinski definition) is 5. The summed E-state index contributed by atoms with van der Waals surface area (Å²) in [5, 5.41) is 7.20. The van der Waals surface area contributed by atoms with Crippen molar-refractivity contribution in [2.24, 2.45) is 0 Å². The molecule has 0 bridgehead atoms. The molecule has 6 heteroatoms. The highest BCUT2D eigenvalue weighted by molar-refractivity contribution is 5.94. The minimum absolute atomic E-state index is 0.121. The minimum Gasteiger partial charge on any atom is -0.494 e. The Morgan fingerprint density at radius 2 is 2.00 bits per heavy atom. The van der Waals surface area contributed by atoms with Gasteiger partial charge in [-0.2, -0.15) is 4.98 Å². The number of amides is 1. The van der Waals surface area contributed by atoms with E-state index in [1.807, 2.05) is 12.1 Å². The molecule has 0 spiro atoms. The Labute approximate surface area is 148 Å². The van der Waals surface area contributed by atoms with Crippen molar-refractivity contribution in [2.45, 2.75) is 57.9 Å². The molecule has 0 unspecified atom stereocenters. The predicted molar refractivity (Wildman–Crippen MR) is 93.5 cm³/mol. The van der Waals surface area contributed by atoms with Crippen LogP contribution >= 0.6 is 0 Å². The van der Waals surface area contributed by atoms with Crippen LogP contribution in [0.15, 0.2) is 28.8 Å². The number of benzene rings is 1. The van der Waals surface area contributed by atoms with Gasteiger partial charge in [-0.3, -0.25) is 4.79 Å². The fourth-order valence-electron chi connectivity index (χ4n) is 3.20. The van der Waals surface area contributed by atoms with E-state index in [1.165, 1.54) is 0 Å². The molecule has 1 aromatic carbocycles. The summed E-state index contributed by atoms with van der Waals surface area (Å²) in [6.45, 7) is 4.58. The van der Waals surface area contributed by atoms with Gasteiger partial charge < -0.3 is 14.6 Å². The normalized spacial score (nSPS) is 15.9. The van der Waals surface area contributed by atoms with Crippen LogP contribution in [-0.2, 0) is 5.54 Å². The molecule has 0 atom stereocenters. The molecule has 1 aliphatic rings. The Morgan fingerprint density at radius 3 is 2.60 bits per heavy atom. The number of nitrogens with zero attached hydrogens (tertiary/aromatic N) is 2. The zero-order valence-corrected chi connectivity index (χ0v) is 14.9. The smallest absolute Gasteiger partial charge is 0.252 e. The second kappa shape index (κ2) is 7.68. The standard InChI is InChI=1S/C19H25N3O3/c1-3-4-13-24-16-9-7-15(8-10-16)17(23)21-19(11-5-6-12-19)18-20-14(2)25-22-18/h7-10H,3-6,11-13H2,1-2H3,(H,21,23). The summed E-state index contributed by atoms with van der Waals surface area (Å²) in [6.07, 6.45) is 5.86. The van der Waals surface area contributed by atoms with Crippen molar-refractivity contribution < 1.29 is 14.1 Å². The van der Waals surface area contributed by atoms with E-state index in [1.54, 1.807) is 19.1 Å². The Hall–Kier alpha value is -2.37. The molecule has 25 heavy (non-hydrogen) atoms. The summed E-state index contributed by atoms with van der Waals surface area (Å²) in [5.74, 6) is 1.76. The van der Waals surface area contributed by atoms with Crippen molar-refractivity contribution in [3.8, 4) is 5.75 Å². The van der Waals surface area contributed by atoms with Crippen molar-refractivity contribution >= 4 is 5.91 Å².